The highest BCUT2D eigenvalue weighted by atomic mass is 32.2. The molecule has 0 aromatic heterocycles. The van der Waals surface area contributed by atoms with Crippen LogP contribution in [0.1, 0.15) is 11.1 Å². The third kappa shape index (κ3) is 3.69. The van der Waals surface area contributed by atoms with Crippen molar-refractivity contribution < 1.29 is 21.6 Å². The number of halogens is 3. The van der Waals surface area contributed by atoms with E-state index in [4.69, 9.17) is 5.73 Å². The SMILES string of the molecule is NCc1ccc(CNS(=O)(=O)C(F)(F)F)cc1. The summed E-state index contributed by atoms with van der Waals surface area (Å²) in [5.74, 6) is 0. The molecule has 0 bridgehead atoms. The molecule has 0 fully saturated rings. The van der Waals surface area contributed by atoms with E-state index in [1.165, 1.54) is 16.9 Å². The average Bonchev–Trinajstić information content (AvgIpc) is 2.25. The molecule has 8 heteroatoms. The summed E-state index contributed by atoms with van der Waals surface area (Å²) in [6.45, 7) is -0.0960. The zero-order valence-electron chi connectivity index (χ0n) is 8.66. The van der Waals surface area contributed by atoms with E-state index in [-0.39, 0.29) is 0 Å². The van der Waals surface area contributed by atoms with Crippen molar-refractivity contribution in [3.8, 4) is 0 Å². The third-order valence-corrected chi connectivity index (χ3v) is 3.16. The van der Waals surface area contributed by atoms with Crippen molar-refractivity contribution in [1.82, 2.24) is 4.72 Å². The average molecular weight is 268 g/mol. The van der Waals surface area contributed by atoms with Crippen LogP contribution in [-0.2, 0) is 23.1 Å². The second kappa shape index (κ2) is 5.03. The Kier molecular flexibility index (Phi) is 4.12. The van der Waals surface area contributed by atoms with Gasteiger partial charge in [0, 0.05) is 13.1 Å². The third-order valence-electron chi connectivity index (χ3n) is 2.03. The van der Waals surface area contributed by atoms with Crippen molar-refractivity contribution in [2.24, 2.45) is 5.73 Å². The Morgan fingerprint density at radius 2 is 1.59 bits per heavy atom. The quantitative estimate of drug-likeness (QED) is 0.858. The zero-order valence-corrected chi connectivity index (χ0v) is 9.48. The standard InChI is InChI=1S/C9H11F3N2O2S/c10-9(11,12)17(15,16)14-6-8-3-1-7(5-13)2-4-8/h1-4,14H,5-6,13H2. The van der Waals surface area contributed by atoms with Crippen LogP contribution in [0, 0.1) is 0 Å². The molecule has 0 radical (unpaired) electrons. The first-order chi connectivity index (χ1) is 7.76. The summed E-state index contributed by atoms with van der Waals surface area (Å²) >= 11 is 0. The van der Waals surface area contributed by atoms with Crippen molar-refractivity contribution >= 4 is 10.0 Å². The Morgan fingerprint density at radius 1 is 1.12 bits per heavy atom. The van der Waals surface area contributed by atoms with E-state index in [0.717, 1.165) is 5.56 Å². The number of alkyl halides is 3. The van der Waals surface area contributed by atoms with Crippen molar-refractivity contribution in [2.75, 3.05) is 0 Å². The summed E-state index contributed by atoms with van der Waals surface area (Å²) in [5.41, 5.74) is 1.29. The molecule has 0 aliphatic heterocycles. The fourth-order valence-corrected chi connectivity index (χ4v) is 1.57. The van der Waals surface area contributed by atoms with Crippen molar-refractivity contribution in [3.05, 3.63) is 35.4 Å². The van der Waals surface area contributed by atoms with Gasteiger partial charge in [0.25, 0.3) is 0 Å². The Labute approximate surface area is 96.7 Å². The van der Waals surface area contributed by atoms with E-state index < -0.39 is 22.1 Å². The van der Waals surface area contributed by atoms with Crippen LogP contribution in [0.4, 0.5) is 13.2 Å². The molecule has 0 unspecified atom stereocenters. The van der Waals surface area contributed by atoms with Gasteiger partial charge in [0.2, 0.25) is 0 Å². The van der Waals surface area contributed by atoms with Crippen LogP contribution in [-0.4, -0.2) is 13.9 Å². The van der Waals surface area contributed by atoms with Gasteiger partial charge in [-0.25, -0.2) is 13.1 Å². The highest BCUT2D eigenvalue weighted by molar-refractivity contribution is 7.90. The highest BCUT2D eigenvalue weighted by Crippen LogP contribution is 2.21. The lowest BCUT2D eigenvalue weighted by atomic mass is 10.1. The monoisotopic (exact) mass is 268 g/mol. The maximum Gasteiger partial charge on any atom is 0.511 e. The highest BCUT2D eigenvalue weighted by Gasteiger charge is 2.45. The van der Waals surface area contributed by atoms with Crippen LogP contribution >= 0.6 is 0 Å². The molecule has 0 aliphatic rings. The molecule has 3 N–H and O–H groups in total. The Balaban J connectivity index is 2.68. The summed E-state index contributed by atoms with van der Waals surface area (Å²) in [6, 6.07) is 6.27. The van der Waals surface area contributed by atoms with Gasteiger partial charge in [-0.15, -0.1) is 0 Å². The van der Waals surface area contributed by atoms with E-state index in [2.05, 4.69) is 0 Å². The van der Waals surface area contributed by atoms with Crippen molar-refractivity contribution in [1.29, 1.82) is 0 Å². The lowest BCUT2D eigenvalue weighted by molar-refractivity contribution is -0.0448. The number of nitrogens with one attached hydrogen (secondary N) is 1. The largest absolute Gasteiger partial charge is 0.511 e. The molecule has 17 heavy (non-hydrogen) atoms. The zero-order chi connectivity index (χ0) is 13.1. The molecule has 1 rings (SSSR count). The minimum atomic E-state index is -5.29. The maximum atomic E-state index is 12.0. The van der Waals surface area contributed by atoms with Gasteiger partial charge in [0.05, 0.1) is 0 Å². The summed E-state index contributed by atoms with van der Waals surface area (Å²) in [6.07, 6.45) is 0. The predicted molar refractivity (Wildman–Crippen MR) is 56.1 cm³/mol. The van der Waals surface area contributed by atoms with Crippen LogP contribution in [0.3, 0.4) is 0 Å². The van der Waals surface area contributed by atoms with E-state index >= 15 is 0 Å². The van der Waals surface area contributed by atoms with E-state index in [1.807, 2.05) is 0 Å². The van der Waals surface area contributed by atoms with E-state index in [1.54, 1.807) is 12.1 Å². The molecule has 4 nitrogen and oxygen atoms in total. The molecular formula is C9H11F3N2O2S. The molecular weight excluding hydrogens is 257 g/mol. The van der Waals surface area contributed by atoms with Crippen molar-refractivity contribution in [2.45, 2.75) is 18.6 Å². The number of hydrogen-bond donors (Lipinski definition) is 2. The molecule has 1 aromatic carbocycles. The Bertz CT molecular complexity index is 468. The second-order valence-electron chi connectivity index (χ2n) is 3.29. The fourth-order valence-electron chi connectivity index (χ4n) is 1.05. The second-order valence-corrected chi connectivity index (χ2v) is 5.05. The minimum absolute atomic E-state index is 0.314. The smallest absolute Gasteiger partial charge is 0.326 e. The number of benzene rings is 1. The van der Waals surface area contributed by atoms with Gasteiger partial charge in [0.15, 0.2) is 0 Å². The molecule has 0 spiro atoms. The predicted octanol–water partition coefficient (Wildman–Crippen LogP) is 1.08. The topological polar surface area (TPSA) is 72.2 Å². The molecule has 0 amide bonds. The van der Waals surface area contributed by atoms with Gasteiger partial charge in [0.1, 0.15) is 0 Å². The summed E-state index contributed by atoms with van der Waals surface area (Å²) < 4.78 is 58.8. The summed E-state index contributed by atoms with van der Waals surface area (Å²) in [5, 5.41) is 0. The van der Waals surface area contributed by atoms with Crippen molar-refractivity contribution in [3.63, 3.8) is 0 Å². The number of nitrogens with two attached hydrogens (primary N) is 1. The van der Waals surface area contributed by atoms with Gasteiger partial charge < -0.3 is 5.73 Å². The molecule has 0 heterocycles. The van der Waals surface area contributed by atoms with E-state index in [0.29, 0.717) is 12.1 Å². The molecule has 0 aliphatic carbocycles. The molecule has 1 aromatic rings. The van der Waals surface area contributed by atoms with Crippen LogP contribution < -0.4 is 10.5 Å². The normalized spacial score (nSPS) is 12.7. The van der Waals surface area contributed by atoms with Gasteiger partial charge >= 0.3 is 15.5 Å². The maximum absolute atomic E-state index is 12.0. The lowest BCUT2D eigenvalue weighted by Crippen LogP contribution is -2.35. The van der Waals surface area contributed by atoms with E-state index in [9.17, 15) is 21.6 Å². The molecule has 0 saturated carbocycles. The van der Waals surface area contributed by atoms with Crippen LogP contribution in [0.15, 0.2) is 24.3 Å². The first-order valence-electron chi connectivity index (χ1n) is 4.60. The number of sulfonamides is 1. The number of rotatable bonds is 4. The van der Waals surface area contributed by atoms with Gasteiger partial charge in [-0.2, -0.15) is 13.2 Å². The molecule has 96 valence electrons. The Morgan fingerprint density at radius 3 is 2.00 bits per heavy atom. The van der Waals surface area contributed by atoms with Gasteiger partial charge in [-0.3, -0.25) is 0 Å². The van der Waals surface area contributed by atoms with Crippen LogP contribution in [0.2, 0.25) is 0 Å². The van der Waals surface area contributed by atoms with Crippen LogP contribution in [0.5, 0.6) is 0 Å². The lowest BCUT2D eigenvalue weighted by Gasteiger charge is -2.09. The Hall–Kier alpha value is -1.12. The molecule has 0 saturated heterocycles. The fraction of sp³-hybridized carbons (Fsp3) is 0.333. The molecule has 0 atom stereocenters. The first-order valence-corrected chi connectivity index (χ1v) is 6.08. The summed E-state index contributed by atoms with van der Waals surface area (Å²) in [7, 11) is -5.29. The summed E-state index contributed by atoms with van der Waals surface area (Å²) in [4.78, 5) is 0. The van der Waals surface area contributed by atoms with Crippen LogP contribution in [0.25, 0.3) is 0 Å². The van der Waals surface area contributed by atoms with Gasteiger partial charge in [-0.1, -0.05) is 24.3 Å². The minimum Gasteiger partial charge on any atom is -0.326 e. The van der Waals surface area contributed by atoms with Gasteiger partial charge in [-0.05, 0) is 11.1 Å². The number of hydrogen-bond acceptors (Lipinski definition) is 3. The first kappa shape index (κ1) is 13.9.